The zero-order valence-corrected chi connectivity index (χ0v) is 33.4. The fourth-order valence-corrected chi connectivity index (χ4v) is 9.36. The van der Waals surface area contributed by atoms with Gasteiger partial charge < -0.3 is 19.1 Å². The lowest BCUT2D eigenvalue weighted by Crippen LogP contribution is -2.48. The molecule has 3 fully saturated rings. The molecule has 2 aliphatic carbocycles. The number of allylic oxidation sites excluding steroid dienone is 2. The normalized spacial score (nSPS) is 29.9. The number of amides is 2. The van der Waals surface area contributed by atoms with E-state index in [1.807, 2.05) is 17.7 Å². The summed E-state index contributed by atoms with van der Waals surface area (Å²) in [6, 6.07) is 5.90. The van der Waals surface area contributed by atoms with Gasteiger partial charge in [-0.15, -0.1) is 0 Å². The van der Waals surface area contributed by atoms with Crippen molar-refractivity contribution in [3.05, 3.63) is 42.6 Å². The average Bonchev–Trinajstić information content (AvgIpc) is 4.01. The first kappa shape index (κ1) is 42.3. The molecule has 4 aliphatic rings. The van der Waals surface area contributed by atoms with Gasteiger partial charge in [-0.05, 0) is 63.4 Å². The third-order valence-electron chi connectivity index (χ3n) is 12.0. The Morgan fingerprint density at radius 3 is 2.40 bits per heavy atom. The zero-order valence-electron chi connectivity index (χ0n) is 32.6. The first-order chi connectivity index (χ1) is 26.6. The van der Waals surface area contributed by atoms with Crippen molar-refractivity contribution in [1.29, 1.82) is 0 Å². The molecule has 57 heavy (non-hydrogen) atoms. The minimum Gasteiger partial charge on any atom is -0.494 e. The fraction of sp³-hybridized carbons (Fsp3) is 0.625. The van der Waals surface area contributed by atoms with Gasteiger partial charge in [-0.1, -0.05) is 44.2 Å². The number of benzene rings is 1. The standard InChI is InChI=1S/C40H49F4N3O9S/c1-23-10-6-7-11-25-19-38(25,36(51)46-57(52,53)39(41)14-15-39)20-31(48)30-17-26(55-34-28-13-9-8-12-27(28)32(54-5)21-45-34)22-47(30)35(50)29(24(2)16-23)18-33(49)56-37(3,4)40(42,43)44/h7-9,11-13,21,23-26,29-30H,6,10,14-20,22H2,1-5H3,(H,46,51)/b11-7-/t23-,24-,25-,26-,29+,30+,38-/m1/s1. The minimum atomic E-state index is -4.88. The number of aromatic nitrogens is 1. The second kappa shape index (κ2) is 15.5. The van der Waals surface area contributed by atoms with Crippen molar-refractivity contribution in [2.75, 3.05) is 13.7 Å². The van der Waals surface area contributed by atoms with Crippen LogP contribution in [-0.2, 0) is 33.9 Å². The predicted octanol–water partition coefficient (Wildman–Crippen LogP) is 6.37. The number of nitrogens with one attached hydrogen (secondary N) is 1. The zero-order chi connectivity index (χ0) is 41.7. The molecule has 1 N–H and O–H groups in total. The predicted molar refractivity (Wildman–Crippen MR) is 199 cm³/mol. The highest BCUT2D eigenvalue weighted by Gasteiger charge is 2.64. The number of rotatable bonds is 9. The van der Waals surface area contributed by atoms with Crippen LogP contribution in [0.1, 0.15) is 85.5 Å². The number of carbonyl (C=O) groups excluding carboxylic acids is 4. The van der Waals surface area contributed by atoms with Gasteiger partial charge in [0.05, 0.1) is 43.6 Å². The minimum absolute atomic E-state index is 0.0223. The highest BCUT2D eigenvalue weighted by molar-refractivity contribution is 7.91. The van der Waals surface area contributed by atoms with Crippen LogP contribution in [0.25, 0.3) is 10.8 Å². The molecule has 0 spiro atoms. The van der Waals surface area contributed by atoms with E-state index >= 15 is 0 Å². The van der Waals surface area contributed by atoms with Crippen LogP contribution in [-0.4, -0.2) is 84.4 Å². The van der Waals surface area contributed by atoms with Crippen molar-refractivity contribution in [2.45, 2.75) is 114 Å². The third-order valence-corrected chi connectivity index (χ3v) is 13.8. The summed E-state index contributed by atoms with van der Waals surface area (Å²) in [5, 5.41) is -1.30. The van der Waals surface area contributed by atoms with Gasteiger partial charge in [0.2, 0.25) is 28.3 Å². The van der Waals surface area contributed by atoms with Crippen molar-refractivity contribution in [1.82, 2.24) is 14.6 Å². The number of carbonyl (C=O) groups is 4. The molecule has 1 saturated heterocycles. The highest BCUT2D eigenvalue weighted by Crippen LogP contribution is 2.58. The summed E-state index contributed by atoms with van der Waals surface area (Å²) in [6.07, 6.45) is -0.795. The van der Waals surface area contributed by atoms with E-state index in [-0.39, 0.29) is 44.0 Å². The largest absolute Gasteiger partial charge is 0.494 e. The summed E-state index contributed by atoms with van der Waals surface area (Å²) in [5.41, 5.74) is -4.38. The Morgan fingerprint density at radius 2 is 1.75 bits per heavy atom. The molecule has 2 aliphatic heterocycles. The van der Waals surface area contributed by atoms with Crippen molar-refractivity contribution in [3.63, 3.8) is 0 Å². The van der Waals surface area contributed by atoms with Gasteiger partial charge in [-0.3, -0.25) is 19.2 Å². The van der Waals surface area contributed by atoms with E-state index in [4.69, 9.17) is 14.2 Å². The number of Topliss-reactive ketones (excluding diaryl/α,β-unsaturated/α-hetero) is 1. The maximum atomic E-state index is 14.8. The van der Waals surface area contributed by atoms with Gasteiger partial charge >= 0.3 is 12.1 Å². The summed E-state index contributed by atoms with van der Waals surface area (Å²) in [7, 11) is -3.20. The maximum Gasteiger partial charge on any atom is 0.427 e. The average molecular weight is 824 g/mol. The number of hydrogen-bond acceptors (Lipinski definition) is 10. The Hall–Kier alpha value is -4.28. The Morgan fingerprint density at radius 1 is 1.07 bits per heavy atom. The van der Waals surface area contributed by atoms with E-state index in [0.717, 1.165) is 13.8 Å². The Kier molecular flexibility index (Phi) is 11.5. The SMILES string of the molecule is COc1cnc(O[C@@H]2C[C@H]3C(=O)C[C@]4(C(=O)NS(=O)(=O)C5(F)CC5)C[C@H]4/C=C\CC[C@@H](C)C[C@@H](C)[C@H](CC(=O)OC(C)(C)C(F)(F)F)C(=O)N3C2)c2ccccc12. The summed E-state index contributed by atoms with van der Waals surface area (Å²) >= 11 is 0. The van der Waals surface area contributed by atoms with E-state index in [1.54, 1.807) is 37.3 Å². The van der Waals surface area contributed by atoms with Gasteiger partial charge in [0.15, 0.2) is 5.78 Å². The molecule has 312 valence electrons. The van der Waals surface area contributed by atoms with Crippen LogP contribution in [0.3, 0.4) is 0 Å². The smallest absolute Gasteiger partial charge is 0.427 e. The molecular weight excluding hydrogens is 775 g/mol. The first-order valence-electron chi connectivity index (χ1n) is 19.2. The second-order valence-electron chi connectivity index (χ2n) is 16.7. The molecule has 2 saturated carbocycles. The van der Waals surface area contributed by atoms with Crippen LogP contribution >= 0.6 is 0 Å². The number of nitrogens with zero attached hydrogens (tertiary/aromatic N) is 2. The number of ketones is 1. The molecule has 2 aromatic rings. The van der Waals surface area contributed by atoms with Crippen molar-refractivity contribution >= 4 is 44.4 Å². The van der Waals surface area contributed by atoms with E-state index < -0.39 is 98.5 Å². The third kappa shape index (κ3) is 8.63. The number of sulfonamides is 1. The summed E-state index contributed by atoms with van der Waals surface area (Å²) in [6.45, 7) is 4.93. The number of pyridine rings is 1. The second-order valence-corrected chi connectivity index (χ2v) is 18.6. The summed E-state index contributed by atoms with van der Waals surface area (Å²) < 4.78 is 100. The van der Waals surface area contributed by atoms with Crippen LogP contribution in [0.2, 0.25) is 0 Å². The molecule has 1 aromatic carbocycles. The number of alkyl halides is 4. The molecule has 12 nitrogen and oxygen atoms in total. The Balaban J connectivity index is 1.36. The van der Waals surface area contributed by atoms with Crippen molar-refractivity contribution < 1.29 is 59.4 Å². The molecule has 0 unspecified atom stereocenters. The number of halogens is 4. The molecule has 6 rings (SSSR count). The van der Waals surface area contributed by atoms with Gasteiger partial charge in [0, 0.05) is 36.5 Å². The van der Waals surface area contributed by atoms with Crippen LogP contribution in [0.5, 0.6) is 11.6 Å². The number of fused-ring (bicyclic) bond motifs is 3. The lowest BCUT2D eigenvalue weighted by molar-refractivity contribution is -0.257. The molecule has 7 atom stereocenters. The van der Waals surface area contributed by atoms with Gasteiger partial charge in [-0.2, -0.15) is 13.2 Å². The van der Waals surface area contributed by atoms with E-state index in [2.05, 4.69) is 4.98 Å². The maximum absolute atomic E-state index is 14.8. The lowest BCUT2D eigenvalue weighted by Gasteiger charge is -2.33. The van der Waals surface area contributed by atoms with Crippen LogP contribution in [0.4, 0.5) is 17.6 Å². The van der Waals surface area contributed by atoms with E-state index in [1.165, 1.54) is 18.2 Å². The van der Waals surface area contributed by atoms with Gasteiger partial charge in [0.1, 0.15) is 11.9 Å². The van der Waals surface area contributed by atoms with Crippen LogP contribution < -0.4 is 14.2 Å². The molecular formula is C40H49F4N3O9S. The fourth-order valence-electron chi connectivity index (χ4n) is 8.09. The number of ether oxygens (including phenoxy) is 3. The molecule has 0 bridgehead atoms. The van der Waals surface area contributed by atoms with Crippen LogP contribution in [0.15, 0.2) is 42.6 Å². The number of methoxy groups -OCH3 is 1. The Labute approximate surface area is 329 Å². The summed E-state index contributed by atoms with van der Waals surface area (Å²) in [4.78, 5) is 62.0. The quantitative estimate of drug-likeness (QED) is 0.171. The molecule has 2 amide bonds. The molecule has 3 heterocycles. The Bertz CT molecular complexity index is 2050. The van der Waals surface area contributed by atoms with E-state index in [9.17, 15) is 45.2 Å². The first-order valence-corrected chi connectivity index (χ1v) is 20.7. The lowest BCUT2D eigenvalue weighted by atomic mass is 9.82. The van der Waals surface area contributed by atoms with Crippen LogP contribution in [0, 0.1) is 29.1 Å². The molecule has 0 radical (unpaired) electrons. The van der Waals surface area contributed by atoms with E-state index in [0.29, 0.717) is 35.8 Å². The molecule has 17 heteroatoms. The van der Waals surface area contributed by atoms with Crippen molar-refractivity contribution in [3.8, 4) is 11.6 Å². The topological polar surface area (TPSA) is 158 Å². The monoisotopic (exact) mass is 823 g/mol. The van der Waals surface area contributed by atoms with Gasteiger partial charge in [-0.25, -0.2) is 22.5 Å². The van der Waals surface area contributed by atoms with Crippen molar-refractivity contribution in [2.24, 2.45) is 29.1 Å². The highest BCUT2D eigenvalue weighted by atomic mass is 32.2. The number of esters is 1. The number of hydrogen-bond donors (Lipinski definition) is 1. The summed E-state index contributed by atoms with van der Waals surface area (Å²) in [5.74, 6) is -5.16. The van der Waals surface area contributed by atoms with Gasteiger partial charge in [0.25, 0.3) is 10.0 Å². The molecule has 1 aromatic heterocycles.